The first-order chi connectivity index (χ1) is 8.63. The van der Waals surface area contributed by atoms with Crippen LogP contribution in [0.2, 0.25) is 0 Å². The summed E-state index contributed by atoms with van der Waals surface area (Å²) in [5.41, 5.74) is 6.85. The summed E-state index contributed by atoms with van der Waals surface area (Å²) in [5, 5.41) is 0. The van der Waals surface area contributed by atoms with Crippen LogP contribution in [0, 0.1) is 5.92 Å². The Hall–Kier alpha value is -1.71. The second-order valence-corrected chi connectivity index (χ2v) is 4.91. The number of carbonyl (C=O) groups excluding carboxylic acids is 1. The molecule has 2 N–H and O–H groups in total. The highest BCUT2D eigenvalue weighted by Gasteiger charge is 2.24. The van der Waals surface area contributed by atoms with Crippen LogP contribution in [0.15, 0.2) is 18.2 Å². The van der Waals surface area contributed by atoms with Crippen molar-refractivity contribution in [2.45, 2.75) is 19.3 Å². The highest BCUT2D eigenvalue weighted by atomic mass is 16.5. The average molecular weight is 248 g/mol. The van der Waals surface area contributed by atoms with Gasteiger partial charge in [0, 0.05) is 13.6 Å². The molecule has 0 atom stereocenters. The Bertz CT molecular complexity index is 441. The molecule has 1 aromatic rings. The van der Waals surface area contributed by atoms with Crippen LogP contribution in [0.25, 0.3) is 0 Å². The molecule has 0 radical (unpaired) electrons. The number of hydrogen-bond acceptors (Lipinski definition) is 3. The van der Waals surface area contributed by atoms with Gasteiger partial charge in [-0.3, -0.25) is 4.79 Å². The molecule has 0 bridgehead atoms. The quantitative estimate of drug-likeness (QED) is 0.831. The van der Waals surface area contributed by atoms with Gasteiger partial charge in [-0.2, -0.15) is 0 Å². The van der Waals surface area contributed by atoms with Gasteiger partial charge in [-0.25, -0.2) is 0 Å². The van der Waals surface area contributed by atoms with E-state index in [0.29, 0.717) is 22.9 Å². The zero-order valence-corrected chi connectivity index (χ0v) is 11.0. The molecule has 1 saturated carbocycles. The average Bonchev–Trinajstić information content (AvgIpc) is 2.32. The van der Waals surface area contributed by atoms with Crippen molar-refractivity contribution >= 4 is 11.6 Å². The van der Waals surface area contributed by atoms with E-state index < -0.39 is 0 Å². The molecule has 1 amide bonds. The molecule has 0 unspecified atom stereocenters. The Morgan fingerprint density at radius 1 is 1.50 bits per heavy atom. The topological polar surface area (TPSA) is 55.6 Å². The minimum absolute atomic E-state index is 0.0222. The number of hydrogen-bond donors (Lipinski definition) is 1. The molecule has 98 valence electrons. The lowest BCUT2D eigenvalue weighted by molar-refractivity contribution is 0.0742. The van der Waals surface area contributed by atoms with Crippen LogP contribution in [0.1, 0.15) is 29.6 Å². The number of amides is 1. The summed E-state index contributed by atoms with van der Waals surface area (Å²) in [6.45, 7) is 0.816. The van der Waals surface area contributed by atoms with E-state index in [1.807, 2.05) is 7.05 Å². The summed E-state index contributed by atoms with van der Waals surface area (Å²) < 4.78 is 5.22. The highest BCUT2D eigenvalue weighted by molar-refractivity contribution is 5.98. The van der Waals surface area contributed by atoms with Gasteiger partial charge in [0.05, 0.1) is 18.4 Å². The summed E-state index contributed by atoms with van der Waals surface area (Å²) >= 11 is 0. The maximum atomic E-state index is 12.3. The number of benzene rings is 1. The third kappa shape index (κ3) is 2.42. The molecule has 1 aliphatic carbocycles. The Balaban J connectivity index is 2.14. The van der Waals surface area contributed by atoms with E-state index in [0.717, 1.165) is 6.54 Å². The predicted molar refractivity (Wildman–Crippen MR) is 71.7 cm³/mol. The van der Waals surface area contributed by atoms with E-state index in [1.54, 1.807) is 23.1 Å². The van der Waals surface area contributed by atoms with Gasteiger partial charge >= 0.3 is 0 Å². The molecule has 0 saturated heterocycles. The summed E-state index contributed by atoms with van der Waals surface area (Å²) in [7, 11) is 3.37. The van der Waals surface area contributed by atoms with Crippen molar-refractivity contribution in [2.24, 2.45) is 5.92 Å². The van der Waals surface area contributed by atoms with Gasteiger partial charge in [0.25, 0.3) is 5.91 Å². The van der Waals surface area contributed by atoms with E-state index in [4.69, 9.17) is 10.5 Å². The van der Waals surface area contributed by atoms with Crippen LogP contribution in [-0.4, -0.2) is 31.5 Å². The first-order valence-electron chi connectivity index (χ1n) is 6.31. The van der Waals surface area contributed by atoms with Crippen LogP contribution in [0.3, 0.4) is 0 Å². The normalized spacial score (nSPS) is 15.0. The molecule has 0 aromatic heterocycles. The van der Waals surface area contributed by atoms with Crippen LogP contribution in [0.5, 0.6) is 5.75 Å². The smallest absolute Gasteiger partial charge is 0.257 e. The molecule has 0 heterocycles. The van der Waals surface area contributed by atoms with Crippen molar-refractivity contribution < 1.29 is 9.53 Å². The van der Waals surface area contributed by atoms with Gasteiger partial charge < -0.3 is 15.4 Å². The molecule has 1 aliphatic rings. The van der Waals surface area contributed by atoms with Crippen LogP contribution in [-0.2, 0) is 0 Å². The monoisotopic (exact) mass is 248 g/mol. The Kier molecular flexibility index (Phi) is 3.75. The van der Waals surface area contributed by atoms with Gasteiger partial charge in [0.15, 0.2) is 5.75 Å². The molecular weight excluding hydrogens is 228 g/mol. The first-order valence-corrected chi connectivity index (χ1v) is 6.31. The van der Waals surface area contributed by atoms with Crippen molar-refractivity contribution in [3.8, 4) is 5.75 Å². The van der Waals surface area contributed by atoms with Gasteiger partial charge in [-0.05, 0) is 30.9 Å². The molecule has 0 spiro atoms. The standard InChI is InChI=1S/C14H20N2O2/c1-16(9-10-5-3-6-10)14(17)11-7-4-8-12(15)13(11)18-2/h4,7-8,10H,3,5-6,9,15H2,1-2H3. The molecule has 1 aromatic carbocycles. The van der Waals surface area contributed by atoms with Crippen molar-refractivity contribution in [1.29, 1.82) is 0 Å². The van der Waals surface area contributed by atoms with Crippen molar-refractivity contribution in [2.75, 3.05) is 26.4 Å². The number of para-hydroxylation sites is 1. The number of nitrogen functional groups attached to an aromatic ring is 1. The highest BCUT2D eigenvalue weighted by Crippen LogP contribution is 2.29. The summed E-state index contributed by atoms with van der Waals surface area (Å²) in [6, 6.07) is 5.28. The van der Waals surface area contributed by atoms with E-state index in [-0.39, 0.29) is 5.91 Å². The minimum Gasteiger partial charge on any atom is -0.494 e. The van der Waals surface area contributed by atoms with Gasteiger partial charge in [-0.1, -0.05) is 12.5 Å². The maximum absolute atomic E-state index is 12.3. The Morgan fingerprint density at radius 2 is 2.22 bits per heavy atom. The number of nitrogens with two attached hydrogens (primary N) is 1. The third-order valence-electron chi connectivity index (χ3n) is 3.58. The zero-order valence-electron chi connectivity index (χ0n) is 11.0. The molecule has 0 aliphatic heterocycles. The number of nitrogens with zero attached hydrogens (tertiary/aromatic N) is 1. The molecule has 2 rings (SSSR count). The number of carbonyl (C=O) groups is 1. The Labute approximate surface area is 108 Å². The van der Waals surface area contributed by atoms with Gasteiger partial charge in [0.2, 0.25) is 0 Å². The lowest BCUT2D eigenvalue weighted by atomic mass is 9.85. The Morgan fingerprint density at radius 3 is 2.78 bits per heavy atom. The van der Waals surface area contributed by atoms with Gasteiger partial charge in [0.1, 0.15) is 0 Å². The fourth-order valence-corrected chi connectivity index (χ4v) is 2.30. The second kappa shape index (κ2) is 5.29. The number of methoxy groups -OCH3 is 1. The fraction of sp³-hybridized carbons (Fsp3) is 0.500. The van der Waals surface area contributed by atoms with Crippen molar-refractivity contribution in [1.82, 2.24) is 4.90 Å². The fourth-order valence-electron chi connectivity index (χ4n) is 2.30. The third-order valence-corrected chi connectivity index (χ3v) is 3.58. The van der Waals surface area contributed by atoms with Crippen LogP contribution in [0.4, 0.5) is 5.69 Å². The van der Waals surface area contributed by atoms with Crippen LogP contribution < -0.4 is 10.5 Å². The summed E-state index contributed by atoms with van der Waals surface area (Å²) in [5.74, 6) is 1.11. The lowest BCUT2D eigenvalue weighted by Crippen LogP contribution is -2.34. The van der Waals surface area contributed by atoms with Crippen LogP contribution >= 0.6 is 0 Å². The molecule has 1 fully saturated rings. The molecule has 18 heavy (non-hydrogen) atoms. The van der Waals surface area contributed by atoms with Gasteiger partial charge in [-0.15, -0.1) is 0 Å². The zero-order chi connectivity index (χ0) is 13.1. The maximum Gasteiger partial charge on any atom is 0.257 e. The van der Waals surface area contributed by atoms with Crippen molar-refractivity contribution in [3.63, 3.8) is 0 Å². The number of ether oxygens (including phenoxy) is 1. The van der Waals surface area contributed by atoms with E-state index in [2.05, 4.69) is 0 Å². The number of anilines is 1. The SMILES string of the molecule is COc1c(N)cccc1C(=O)N(C)CC1CCC1. The van der Waals surface area contributed by atoms with E-state index in [9.17, 15) is 4.79 Å². The predicted octanol–water partition coefficient (Wildman–Crippen LogP) is 2.15. The summed E-state index contributed by atoms with van der Waals surface area (Å²) in [6.07, 6.45) is 3.74. The second-order valence-electron chi connectivity index (χ2n) is 4.91. The molecular formula is C14H20N2O2. The minimum atomic E-state index is -0.0222. The van der Waals surface area contributed by atoms with Crippen molar-refractivity contribution in [3.05, 3.63) is 23.8 Å². The largest absolute Gasteiger partial charge is 0.494 e. The van der Waals surface area contributed by atoms with E-state index >= 15 is 0 Å². The molecule has 4 heteroatoms. The summed E-state index contributed by atoms with van der Waals surface area (Å²) in [4.78, 5) is 14.1. The first kappa shape index (κ1) is 12.7. The lowest BCUT2D eigenvalue weighted by Gasteiger charge is -2.30. The number of rotatable bonds is 4. The van der Waals surface area contributed by atoms with E-state index in [1.165, 1.54) is 26.4 Å². The molecule has 4 nitrogen and oxygen atoms in total.